The van der Waals surface area contributed by atoms with Crippen LogP contribution in [0, 0.1) is 0 Å². The van der Waals surface area contributed by atoms with Gasteiger partial charge >= 0.3 is 0 Å². The van der Waals surface area contributed by atoms with Crippen molar-refractivity contribution in [3.63, 3.8) is 0 Å². The topological polar surface area (TPSA) is 107 Å². The molecule has 0 heterocycles. The molecule has 228 valence electrons. The van der Waals surface area contributed by atoms with Crippen LogP contribution in [-0.4, -0.2) is 72.8 Å². The summed E-state index contributed by atoms with van der Waals surface area (Å²) < 4.78 is 17.7. The summed E-state index contributed by atoms with van der Waals surface area (Å²) in [5.74, 6) is 6.66. The predicted octanol–water partition coefficient (Wildman–Crippen LogP) is 5.54. The van der Waals surface area contributed by atoms with Crippen molar-refractivity contribution in [1.82, 2.24) is 9.80 Å². The Morgan fingerprint density at radius 1 is 0.854 bits per heavy atom. The van der Waals surface area contributed by atoms with Gasteiger partial charge in [-0.1, -0.05) is 0 Å². The van der Waals surface area contributed by atoms with E-state index in [9.17, 15) is 9.59 Å². The van der Waals surface area contributed by atoms with Gasteiger partial charge in [0.15, 0.2) is 6.61 Å². The number of carbonyl (C=O) groups is 2. The van der Waals surface area contributed by atoms with Crippen molar-refractivity contribution in [3.05, 3.63) is 53.6 Å². The Morgan fingerprint density at radius 2 is 1.41 bits per heavy atom. The first-order valence-corrected chi connectivity index (χ1v) is 14.2. The van der Waals surface area contributed by atoms with Gasteiger partial charge in [-0.2, -0.15) is 5.10 Å². The van der Waals surface area contributed by atoms with Crippen LogP contribution in [0.3, 0.4) is 0 Å². The average molecular weight is 591 g/mol. The smallest absolute Gasteiger partial charge is 0.260 e. The summed E-state index contributed by atoms with van der Waals surface area (Å²) in [5, 5.41) is 3.51. The minimum absolute atomic E-state index is 0. The number of ether oxygens (including phenoxy) is 3. The van der Waals surface area contributed by atoms with Crippen LogP contribution in [0.5, 0.6) is 17.2 Å². The normalized spacial score (nSPS) is 10.9. The van der Waals surface area contributed by atoms with Gasteiger partial charge in [-0.3, -0.25) is 9.59 Å². The zero-order valence-electron chi connectivity index (χ0n) is 25.3. The zero-order chi connectivity index (χ0) is 29.5. The Kier molecular flexibility index (Phi) is 16.3. The van der Waals surface area contributed by atoms with Crippen LogP contribution in [0.1, 0.15) is 76.7 Å². The third kappa shape index (κ3) is 11.5. The Balaban J connectivity index is 0.00000840. The number of carbonyl (C=O) groups excluding carboxylic acids is 2. The van der Waals surface area contributed by atoms with Gasteiger partial charge in [0.05, 0.1) is 25.0 Å². The Bertz CT molecular complexity index is 1080. The molecule has 0 bridgehead atoms. The molecule has 0 spiro atoms. The fourth-order valence-corrected chi connectivity index (χ4v) is 4.40. The summed E-state index contributed by atoms with van der Waals surface area (Å²) in [7, 11) is 0. The number of benzene rings is 2. The maximum Gasteiger partial charge on any atom is 0.260 e. The van der Waals surface area contributed by atoms with Gasteiger partial charge in [0, 0.05) is 31.2 Å². The molecule has 0 saturated heterocycles. The standard InChI is InChI=1S/C31H46N4O5.ClH/c1-7-34(8-2)30(36)22-40-29-20-27(16-17-28(29)31(37)35(23(3)4)24(5)6)39-19-11-9-10-18-38-26-14-12-25(13-15-26)21-33-32;/h12-17,20-21,23-24H,7-11,18-19,22,32H2,1-6H3;1H. The highest BCUT2D eigenvalue weighted by Crippen LogP contribution is 2.28. The monoisotopic (exact) mass is 590 g/mol. The van der Waals surface area contributed by atoms with E-state index in [1.807, 2.05) is 65.8 Å². The van der Waals surface area contributed by atoms with Crippen molar-refractivity contribution in [2.75, 3.05) is 32.9 Å². The van der Waals surface area contributed by atoms with Crippen molar-refractivity contribution in [2.45, 2.75) is 72.9 Å². The highest BCUT2D eigenvalue weighted by Gasteiger charge is 2.25. The number of nitrogens with two attached hydrogens (primary N) is 1. The first kappa shape index (κ1) is 35.6. The van der Waals surface area contributed by atoms with Crippen LogP contribution in [0.15, 0.2) is 47.6 Å². The van der Waals surface area contributed by atoms with E-state index in [-0.39, 0.29) is 42.9 Å². The summed E-state index contributed by atoms with van der Waals surface area (Å²) in [6, 6.07) is 12.8. The van der Waals surface area contributed by atoms with Crippen molar-refractivity contribution in [2.24, 2.45) is 10.9 Å². The number of halogens is 1. The summed E-state index contributed by atoms with van der Waals surface area (Å²) >= 11 is 0. The van der Waals surface area contributed by atoms with Crippen LogP contribution in [-0.2, 0) is 4.79 Å². The molecule has 0 fully saturated rings. The molecule has 2 rings (SSSR count). The molecule has 2 N–H and O–H groups in total. The predicted molar refractivity (Wildman–Crippen MR) is 167 cm³/mol. The molecule has 0 aliphatic heterocycles. The molecule has 0 unspecified atom stereocenters. The lowest BCUT2D eigenvalue weighted by molar-refractivity contribution is -0.133. The largest absolute Gasteiger partial charge is 0.494 e. The van der Waals surface area contributed by atoms with Gasteiger partial charge in [0.1, 0.15) is 17.2 Å². The molecule has 0 aromatic heterocycles. The van der Waals surface area contributed by atoms with E-state index in [1.54, 1.807) is 34.2 Å². The Labute approximate surface area is 251 Å². The molecule has 0 atom stereocenters. The third-order valence-electron chi connectivity index (χ3n) is 6.43. The Hall–Kier alpha value is -3.46. The second-order valence-electron chi connectivity index (χ2n) is 10.0. The lowest BCUT2D eigenvalue weighted by Gasteiger charge is -2.31. The second kappa shape index (κ2) is 18.8. The molecule has 0 radical (unpaired) electrons. The highest BCUT2D eigenvalue weighted by molar-refractivity contribution is 5.97. The van der Waals surface area contributed by atoms with Gasteiger partial charge in [-0.25, -0.2) is 0 Å². The number of hydrogen-bond acceptors (Lipinski definition) is 7. The molecule has 2 amide bonds. The van der Waals surface area contributed by atoms with Gasteiger partial charge < -0.3 is 29.9 Å². The van der Waals surface area contributed by atoms with Crippen molar-refractivity contribution >= 4 is 30.4 Å². The van der Waals surface area contributed by atoms with Gasteiger partial charge in [-0.15, -0.1) is 12.4 Å². The number of hydrogen-bond donors (Lipinski definition) is 1. The molecular formula is C31H47ClN4O5. The van der Waals surface area contributed by atoms with Gasteiger partial charge in [-0.05, 0) is 103 Å². The zero-order valence-corrected chi connectivity index (χ0v) is 26.1. The fourth-order valence-electron chi connectivity index (χ4n) is 4.40. The number of unbranched alkanes of at least 4 members (excludes halogenated alkanes) is 2. The lowest BCUT2D eigenvalue weighted by Crippen LogP contribution is -2.42. The number of rotatable bonds is 17. The summed E-state index contributed by atoms with van der Waals surface area (Å²) in [5.41, 5.74) is 1.34. The first-order chi connectivity index (χ1) is 19.2. The molecule has 9 nitrogen and oxygen atoms in total. The molecule has 41 heavy (non-hydrogen) atoms. The first-order valence-electron chi connectivity index (χ1n) is 14.2. The molecule has 2 aromatic carbocycles. The minimum Gasteiger partial charge on any atom is -0.494 e. The van der Waals surface area contributed by atoms with Crippen molar-refractivity contribution < 1.29 is 23.8 Å². The Morgan fingerprint density at radius 3 is 1.95 bits per heavy atom. The van der Waals surface area contributed by atoms with E-state index in [4.69, 9.17) is 20.1 Å². The molecule has 0 saturated carbocycles. The van der Waals surface area contributed by atoms with E-state index in [1.165, 1.54) is 0 Å². The van der Waals surface area contributed by atoms with E-state index < -0.39 is 0 Å². The van der Waals surface area contributed by atoms with E-state index in [0.717, 1.165) is 30.6 Å². The SMILES string of the molecule is CCN(CC)C(=O)COc1cc(OCCCCCOc2ccc(C=NN)cc2)ccc1C(=O)N(C(C)C)C(C)C.Cl. The number of nitrogens with zero attached hydrogens (tertiary/aromatic N) is 3. The average Bonchev–Trinajstić information content (AvgIpc) is 2.92. The van der Waals surface area contributed by atoms with Crippen molar-refractivity contribution in [1.29, 1.82) is 0 Å². The van der Waals surface area contributed by atoms with Crippen LogP contribution >= 0.6 is 12.4 Å². The minimum atomic E-state index is -0.141. The molecule has 0 aliphatic rings. The van der Waals surface area contributed by atoms with Crippen LogP contribution in [0.4, 0.5) is 0 Å². The number of likely N-dealkylation sites (N-methyl/N-ethyl adjacent to an activating group) is 1. The second-order valence-corrected chi connectivity index (χ2v) is 10.0. The highest BCUT2D eigenvalue weighted by atomic mass is 35.5. The quantitative estimate of drug-likeness (QED) is 0.112. The van der Waals surface area contributed by atoms with E-state index in [2.05, 4.69) is 5.10 Å². The lowest BCUT2D eigenvalue weighted by atomic mass is 10.1. The van der Waals surface area contributed by atoms with Crippen molar-refractivity contribution in [3.8, 4) is 17.2 Å². The molecule has 10 heteroatoms. The van der Waals surface area contributed by atoms with Crippen LogP contribution in [0.2, 0.25) is 0 Å². The number of amides is 2. The third-order valence-corrected chi connectivity index (χ3v) is 6.43. The maximum absolute atomic E-state index is 13.4. The summed E-state index contributed by atoms with van der Waals surface area (Å²) in [4.78, 5) is 29.5. The number of hydrazone groups is 1. The van der Waals surface area contributed by atoms with Gasteiger partial charge in [0.2, 0.25) is 0 Å². The maximum atomic E-state index is 13.4. The van der Waals surface area contributed by atoms with Crippen LogP contribution < -0.4 is 20.1 Å². The van der Waals surface area contributed by atoms with E-state index in [0.29, 0.717) is 43.4 Å². The molecular weight excluding hydrogens is 544 g/mol. The molecule has 2 aromatic rings. The molecule has 0 aliphatic carbocycles. The fraction of sp³-hybridized carbons (Fsp3) is 0.516. The summed E-state index contributed by atoms with van der Waals surface area (Å²) in [6.45, 7) is 14.0. The summed E-state index contributed by atoms with van der Waals surface area (Å²) in [6.07, 6.45) is 4.27. The van der Waals surface area contributed by atoms with Crippen LogP contribution in [0.25, 0.3) is 0 Å². The van der Waals surface area contributed by atoms with Gasteiger partial charge in [0.25, 0.3) is 11.8 Å². The van der Waals surface area contributed by atoms with E-state index >= 15 is 0 Å².